The quantitative estimate of drug-likeness (QED) is 0.598. The van der Waals surface area contributed by atoms with E-state index >= 15 is 0 Å². The van der Waals surface area contributed by atoms with Crippen molar-refractivity contribution in [2.24, 2.45) is 5.73 Å². The molecule has 0 saturated heterocycles. The van der Waals surface area contributed by atoms with E-state index in [-0.39, 0.29) is 6.04 Å². The van der Waals surface area contributed by atoms with Crippen molar-refractivity contribution < 1.29 is 0 Å². The van der Waals surface area contributed by atoms with Gasteiger partial charge in [-0.3, -0.25) is 0 Å². The van der Waals surface area contributed by atoms with E-state index in [0.29, 0.717) is 0 Å². The molecule has 1 atom stereocenters. The zero-order valence-corrected chi connectivity index (χ0v) is 7.60. The van der Waals surface area contributed by atoms with E-state index in [2.05, 4.69) is 0 Å². The molecule has 12 heavy (non-hydrogen) atoms. The Kier molecular flexibility index (Phi) is 1.98. The van der Waals surface area contributed by atoms with Gasteiger partial charge in [-0.2, -0.15) is 0 Å². The van der Waals surface area contributed by atoms with Crippen molar-refractivity contribution in [1.82, 2.24) is 0 Å². The van der Waals surface area contributed by atoms with Gasteiger partial charge >= 0.3 is 0 Å². The number of benzene rings is 1. The van der Waals surface area contributed by atoms with Crippen LogP contribution in [0, 0.1) is 0 Å². The molecule has 1 aliphatic rings. The fourth-order valence-electron chi connectivity index (χ4n) is 1.43. The molecular formula is C9H12N2S. The second kappa shape index (κ2) is 2.99. The molecule has 4 N–H and O–H groups in total. The Bertz CT molecular complexity index is 299. The van der Waals surface area contributed by atoms with Gasteiger partial charge in [0.25, 0.3) is 0 Å². The fourth-order valence-corrected chi connectivity index (χ4v) is 2.63. The molecule has 1 heterocycles. The predicted octanol–water partition coefficient (Wildman–Crippen LogP) is 1.76. The van der Waals surface area contributed by atoms with Crippen LogP contribution < -0.4 is 11.5 Å². The average Bonchev–Trinajstić information content (AvgIpc) is 2.04. The van der Waals surface area contributed by atoms with Crippen LogP contribution >= 0.6 is 11.8 Å². The maximum Gasteiger partial charge on any atom is 0.0325 e. The van der Waals surface area contributed by atoms with Crippen LogP contribution in [0.1, 0.15) is 18.0 Å². The number of nitrogen functional groups attached to an aromatic ring is 1. The first-order chi connectivity index (χ1) is 5.77. The monoisotopic (exact) mass is 180 g/mol. The number of rotatable bonds is 0. The molecule has 1 aromatic carbocycles. The van der Waals surface area contributed by atoms with Gasteiger partial charge in [0.15, 0.2) is 0 Å². The molecule has 0 aromatic heterocycles. The van der Waals surface area contributed by atoms with Crippen LogP contribution in [0.4, 0.5) is 5.69 Å². The van der Waals surface area contributed by atoms with Gasteiger partial charge in [-0.05, 0) is 29.9 Å². The molecule has 3 heteroatoms. The Morgan fingerprint density at radius 1 is 1.42 bits per heavy atom. The van der Waals surface area contributed by atoms with E-state index in [1.807, 2.05) is 30.0 Å². The molecule has 0 bridgehead atoms. The molecule has 0 saturated carbocycles. The van der Waals surface area contributed by atoms with Crippen LogP contribution in [-0.2, 0) is 0 Å². The van der Waals surface area contributed by atoms with Crippen LogP contribution in [0.25, 0.3) is 0 Å². The molecule has 0 spiro atoms. The van der Waals surface area contributed by atoms with Gasteiger partial charge in [-0.25, -0.2) is 0 Å². The first kappa shape index (κ1) is 7.95. The van der Waals surface area contributed by atoms with Gasteiger partial charge in [-0.1, -0.05) is 6.07 Å². The normalized spacial score (nSPS) is 21.9. The van der Waals surface area contributed by atoms with E-state index in [4.69, 9.17) is 11.5 Å². The van der Waals surface area contributed by atoms with Crippen molar-refractivity contribution in [2.75, 3.05) is 11.5 Å². The lowest BCUT2D eigenvalue weighted by atomic mass is 10.0. The van der Waals surface area contributed by atoms with Gasteiger partial charge in [0.2, 0.25) is 0 Å². The average molecular weight is 180 g/mol. The van der Waals surface area contributed by atoms with Crippen LogP contribution in [-0.4, -0.2) is 5.75 Å². The third kappa shape index (κ3) is 1.30. The summed E-state index contributed by atoms with van der Waals surface area (Å²) in [5, 5.41) is 0. The van der Waals surface area contributed by atoms with E-state index < -0.39 is 0 Å². The summed E-state index contributed by atoms with van der Waals surface area (Å²) in [7, 11) is 0. The zero-order valence-electron chi connectivity index (χ0n) is 6.79. The summed E-state index contributed by atoms with van der Waals surface area (Å²) < 4.78 is 0. The first-order valence-corrected chi connectivity index (χ1v) is 5.04. The summed E-state index contributed by atoms with van der Waals surface area (Å²) in [4.78, 5) is 1.26. The number of hydrogen-bond donors (Lipinski definition) is 2. The maximum absolute atomic E-state index is 5.94. The summed E-state index contributed by atoms with van der Waals surface area (Å²) in [6.07, 6.45) is 1.07. The number of hydrogen-bond acceptors (Lipinski definition) is 3. The largest absolute Gasteiger partial charge is 0.399 e. The highest BCUT2D eigenvalue weighted by Crippen LogP contribution is 2.35. The molecule has 2 nitrogen and oxygen atoms in total. The van der Waals surface area contributed by atoms with E-state index in [0.717, 1.165) is 17.9 Å². The van der Waals surface area contributed by atoms with Gasteiger partial charge < -0.3 is 11.5 Å². The molecule has 0 aliphatic carbocycles. The standard InChI is InChI=1S/C9H12N2S/c10-6-1-2-7-8(11)3-4-12-9(7)5-6/h1-2,5,8H,3-4,10-11H2. The summed E-state index contributed by atoms with van der Waals surface area (Å²) in [5.74, 6) is 1.11. The van der Waals surface area contributed by atoms with Gasteiger partial charge in [0.1, 0.15) is 0 Å². The number of anilines is 1. The van der Waals surface area contributed by atoms with Gasteiger partial charge in [0.05, 0.1) is 0 Å². The molecule has 1 aliphatic heterocycles. The summed E-state index contributed by atoms with van der Waals surface area (Å²) in [6.45, 7) is 0. The Balaban J connectivity index is 2.46. The second-order valence-corrected chi connectivity index (χ2v) is 4.18. The predicted molar refractivity (Wildman–Crippen MR) is 53.1 cm³/mol. The van der Waals surface area contributed by atoms with Crippen LogP contribution in [0.15, 0.2) is 23.1 Å². The minimum absolute atomic E-state index is 0.210. The summed E-state index contributed by atoms with van der Waals surface area (Å²) >= 11 is 1.85. The molecule has 0 amide bonds. The van der Waals surface area contributed by atoms with Crippen molar-refractivity contribution >= 4 is 17.4 Å². The van der Waals surface area contributed by atoms with Crippen LogP contribution in [0.5, 0.6) is 0 Å². The smallest absolute Gasteiger partial charge is 0.0325 e. The van der Waals surface area contributed by atoms with Crippen molar-refractivity contribution in [1.29, 1.82) is 0 Å². The zero-order chi connectivity index (χ0) is 8.55. The minimum atomic E-state index is 0.210. The Hall–Kier alpha value is -0.670. The van der Waals surface area contributed by atoms with Crippen LogP contribution in [0.2, 0.25) is 0 Å². The van der Waals surface area contributed by atoms with Crippen molar-refractivity contribution in [3.05, 3.63) is 23.8 Å². The van der Waals surface area contributed by atoms with Crippen molar-refractivity contribution in [3.63, 3.8) is 0 Å². The van der Waals surface area contributed by atoms with E-state index in [1.165, 1.54) is 10.5 Å². The fraction of sp³-hybridized carbons (Fsp3) is 0.333. The number of nitrogens with two attached hydrogens (primary N) is 2. The highest BCUT2D eigenvalue weighted by molar-refractivity contribution is 7.99. The minimum Gasteiger partial charge on any atom is -0.399 e. The van der Waals surface area contributed by atoms with Gasteiger partial charge in [0, 0.05) is 16.6 Å². The molecule has 0 radical (unpaired) electrons. The Morgan fingerprint density at radius 2 is 2.25 bits per heavy atom. The summed E-state index contributed by atoms with van der Waals surface area (Å²) in [5.41, 5.74) is 13.7. The number of thioether (sulfide) groups is 1. The molecular weight excluding hydrogens is 168 g/mol. The van der Waals surface area contributed by atoms with Crippen molar-refractivity contribution in [2.45, 2.75) is 17.4 Å². The van der Waals surface area contributed by atoms with E-state index in [9.17, 15) is 0 Å². The maximum atomic E-state index is 5.94. The molecule has 64 valence electrons. The van der Waals surface area contributed by atoms with Crippen molar-refractivity contribution in [3.8, 4) is 0 Å². The SMILES string of the molecule is Nc1ccc2c(c1)SCCC2N. The Labute approximate surface area is 76.3 Å². The van der Waals surface area contributed by atoms with Gasteiger partial charge in [-0.15, -0.1) is 11.8 Å². The summed E-state index contributed by atoms with van der Waals surface area (Å²) in [6, 6.07) is 6.19. The molecule has 2 rings (SSSR count). The first-order valence-electron chi connectivity index (χ1n) is 4.05. The third-order valence-electron chi connectivity index (χ3n) is 2.12. The highest BCUT2D eigenvalue weighted by Gasteiger charge is 2.16. The molecule has 1 unspecified atom stereocenters. The third-order valence-corrected chi connectivity index (χ3v) is 3.23. The lowest BCUT2D eigenvalue weighted by Crippen LogP contribution is -2.15. The Morgan fingerprint density at radius 3 is 3.08 bits per heavy atom. The number of fused-ring (bicyclic) bond motifs is 1. The second-order valence-electron chi connectivity index (χ2n) is 3.04. The molecule has 0 fully saturated rings. The lowest BCUT2D eigenvalue weighted by molar-refractivity contribution is 0.681. The topological polar surface area (TPSA) is 52.0 Å². The highest BCUT2D eigenvalue weighted by atomic mass is 32.2. The lowest BCUT2D eigenvalue weighted by Gasteiger charge is -2.21. The van der Waals surface area contributed by atoms with E-state index in [1.54, 1.807) is 0 Å². The van der Waals surface area contributed by atoms with Crippen LogP contribution in [0.3, 0.4) is 0 Å². The molecule has 1 aromatic rings.